The molecule has 0 aromatic rings. The second-order valence-corrected chi connectivity index (χ2v) is 5.52. The topological polar surface area (TPSA) is 35.5 Å². The molecule has 0 aliphatic carbocycles. The summed E-state index contributed by atoms with van der Waals surface area (Å²) in [6.07, 6.45) is 1.49. The van der Waals surface area contributed by atoms with Crippen LogP contribution < -0.4 is 0 Å². The summed E-state index contributed by atoms with van der Waals surface area (Å²) in [6.45, 7) is 12.6. The number of ether oxygens (including phenoxy) is 2. The van der Waals surface area contributed by atoms with E-state index in [1.807, 2.05) is 20.8 Å². The van der Waals surface area contributed by atoms with Crippen LogP contribution in [0.3, 0.4) is 0 Å². The number of hydrogen-bond donors (Lipinski definition) is 0. The predicted octanol–water partition coefficient (Wildman–Crippen LogP) is 4.01. The summed E-state index contributed by atoms with van der Waals surface area (Å²) < 4.78 is 10.2. The van der Waals surface area contributed by atoms with Crippen LogP contribution in [0.1, 0.15) is 54.4 Å². The molecule has 0 fully saturated rings. The minimum atomic E-state index is -0.551. The molecule has 0 aromatic carbocycles. The Morgan fingerprint density at radius 3 is 2.25 bits per heavy atom. The molecule has 0 aliphatic rings. The molecule has 0 rings (SSSR count). The fourth-order valence-electron chi connectivity index (χ4n) is 1.33. The van der Waals surface area contributed by atoms with Gasteiger partial charge in [0.1, 0.15) is 12.7 Å². The molecule has 0 heterocycles. The van der Waals surface area contributed by atoms with E-state index < -0.39 is 6.16 Å². The lowest BCUT2D eigenvalue weighted by Crippen LogP contribution is -2.25. The number of carbonyl (C=O) groups is 1. The van der Waals surface area contributed by atoms with Gasteiger partial charge in [0.2, 0.25) is 0 Å². The van der Waals surface area contributed by atoms with E-state index in [2.05, 4.69) is 20.8 Å². The van der Waals surface area contributed by atoms with Crippen molar-refractivity contribution in [3.8, 4) is 0 Å². The van der Waals surface area contributed by atoms with E-state index in [0.29, 0.717) is 12.5 Å². The lowest BCUT2D eigenvalue weighted by molar-refractivity contribution is -0.00365. The van der Waals surface area contributed by atoms with E-state index >= 15 is 0 Å². The first-order valence-corrected chi connectivity index (χ1v) is 6.12. The van der Waals surface area contributed by atoms with Gasteiger partial charge in [-0.25, -0.2) is 4.79 Å². The Bertz CT molecular complexity index is 209. The van der Waals surface area contributed by atoms with Crippen LogP contribution in [0.4, 0.5) is 4.79 Å². The first-order valence-electron chi connectivity index (χ1n) is 6.12. The monoisotopic (exact) mass is 230 g/mol. The van der Waals surface area contributed by atoms with Crippen molar-refractivity contribution in [1.29, 1.82) is 0 Å². The molecule has 0 aromatic heterocycles. The van der Waals surface area contributed by atoms with Crippen molar-refractivity contribution in [3.63, 3.8) is 0 Å². The van der Waals surface area contributed by atoms with Crippen LogP contribution in [-0.2, 0) is 9.47 Å². The summed E-state index contributed by atoms with van der Waals surface area (Å²) in [7, 11) is 0. The van der Waals surface area contributed by atoms with Crippen LogP contribution in [0.25, 0.3) is 0 Å². The molecular formula is C13H26O3. The molecule has 3 heteroatoms. The molecule has 1 atom stereocenters. The van der Waals surface area contributed by atoms with Crippen LogP contribution in [-0.4, -0.2) is 18.9 Å². The van der Waals surface area contributed by atoms with Crippen molar-refractivity contribution in [2.24, 2.45) is 11.3 Å². The molecule has 0 N–H and O–H groups in total. The van der Waals surface area contributed by atoms with Gasteiger partial charge in [0.25, 0.3) is 0 Å². The second kappa shape index (κ2) is 6.77. The van der Waals surface area contributed by atoms with Gasteiger partial charge in [0, 0.05) is 0 Å². The molecule has 3 nitrogen and oxygen atoms in total. The van der Waals surface area contributed by atoms with Crippen LogP contribution in [0.5, 0.6) is 0 Å². The zero-order valence-corrected chi connectivity index (χ0v) is 11.5. The fraction of sp³-hybridized carbons (Fsp3) is 0.923. The lowest BCUT2D eigenvalue weighted by Gasteiger charge is -2.24. The van der Waals surface area contributed by atoms with E-state index in [-0.39, 0.29) is 11.5 Å². The van der Waals surface area contributed by atoms with Crippen LogP contribution in [0.2, 0.25) is 0 Å². The maximum atomic E-state index is 11.4. The highest BCUT2D eigenvalue weighted by molar-refractivity contribution is 5.60. The zero-order valence-electron chi connectivity index (χ0n) is 11.5. The molecule has 0 amide bonds. The third-order valence-electron chi connectivity index (χ3n) is 2.73. The number of rotatable bonds is 6. The summed E-state index contributed by atoms with van der Waals surface area (Å²) in [5.41, 5.74) is 0.0365. The SMILES string of the molecule is CCCC(C)(C)COC(=O)O[C@@H](C)C(C)C. The molecule has 0 radical (unpaired) electrons. The van der Waals surface area contributed by atoms with Crippen molar-refractivity contribution < 1.29 is 14.3 Å². The Morgan fingerprint density at radius 1 is 1.25 bits per heavy atom. The Hall–Kier alpha value is -0.730. The zero-order chi connectivity index (χ0) is 12.8. The largest absolute Gasteiger partial charge is 0.508 e. The molecule has 0 bridgehead atoms. The van der Waals surface area contributed by atoms with Gasteiger partial charge >= 0.3 is 6.16 Å². The van der Waals surface area contributed by atoms with Crippen molar-refractivity contribution in [3.05, 3.63) is 0 Å². The smallest absolute Gasteiger partial charge is 0.434 e. The van der Waals surface area contributed by atoms with Gasteiger partial charge in [-0.05, 0) is 24.7 Å². The Morgan fingerprint density at radius 2 is 1.81 bits per heavy atom. The summed E-state index contributed by atoms with van der Waals surface area (Å²) in [4.78, 5) is 11.4. The van der Waals surface area contributed by atoms with Crippen molar-refractivity contribution in [1.82, 2.24) is 0 Å². The van der Waals surface area contributed by atoms with Crippen molar-refractivity contribution >= 4 is 6.16 Å². The van der Waals surface area contributed by atoms with E-state index in [1.165, 1.54) is 0 Å². The maximum Gasteiger partial charge on any atom is 0.508 e. The Labute approximate surface area is 99.5 Å². The van der Waals surface area contributed by atoms with Gasteiger partial charge in [-0.2, -0.15) is 0 Å². The first-order chi connectivity index (χ1) is 7.28. The molecule has 0 unspecified atom stereocenters. The van der Waals surface area contributed by atoms with Gasteiger partial charge in [-0.15, -0.1) is 0 Å². The third kappa shape index (κ3) is 6.70. The molecule has 0 aliphatic heterocycles. The summed E-state index contributed by atoms with van der Waals surface area (Å²) in [6, 6.07) is 0. The summed E-state index contributed by atoms with van der Waals surface area (Å²) in [5.74, 6) is 0.316. The van der Waals surface area contributed by atoms with E-state index in [9.17, 15) is 4.79 Å². The molecule has 0 saturated carbocycles. The maximum absolute atomic E-state index is 11.4. The minimum Gasteiger partial charge on any atom is -0.434 e. The van der Waals surface area contributed by atoms with E-state index in [0.717, 1.165) is 12.8 Å². The normalized spacial score (nSPS) is 13.7. The van der Waals surface area contributed by atoms with Gasteiger partial charge in [-0.3, -0.25) is 0 Å². The average Bonchev–Trinajstić information content (AvgIpc) is 2.14. The highest BCUT2D eigenvalue weighted by atomic mass is 16.7. The van der Waals surface area contributed by atoms with Crippen molar-refractivity contribution in [2.45, 2.75) is 60.5 Å². The van der Waals surface area contributed by atoms with Crippen LogP contribution in [0.15, 0.2) is 0 Å². The van der Waals surface area contributed by atoms with E-state index in [4.69, 9.17) is 9.47 Å². The van der Waals surface area contributed by atoms with Gasteiger partial charge in [0.05, 0.1) is 0 Å². The average molecular weight is 230 g/mol. The van der Waals surface area contributed by atoms with Gasteiger partial charge in [-0.1, -0.05) is 41.0 Å². The molecule has 16 heavy (non-hydrogen) atoms. The first kappa shape index (κ1) is 15.3. The summed E-state index contributed by atoms with van der Waals surface area (Å²) in [5, 5.41) is 0. The number of carbonyl (C=O) groups excluding carboxylic acids is 1. The molecule has 0 spiro atoms. The minimum absolute atomic E-state index is 0.0365. The summed E-state index contributed by atoms with van der Waals surface area (Å²) >= 11 is 0. The van der Waals surface area contributed by atoms with Gasteiger partial charge in [0.15, 0.2) is 0 Å². The second-order valence-electron chi connectivity index (χ2n) is 5.52. The third-order valence-corrected chi connectivity index (χ3v) is 2.73. The van der Waals surface area contributed by atoms with Crippen LogP contribution >= 0.6 is 0 Å². The Kier molecular flexibility index (Phi) is 6.46. The highest BCUT2D eigenvalue weighted by Crippen LogP contribution is 2.22. The van der Waals surface area contributed by atoms with Gasteiger partial charge < -0.3 is 9.47 Å². The quantitative estimate of drug-likeness (QED) is 0.647. The number of hydrogen-bond acceptors (Lipinski definition) is 3. The molecule has 0 saturated heterocycles. The molecule has 96 valence electrons. The predicted molar refractivity (Wildman–Crippen MR) is 65.4 cm³/mol. The standard InChI is InChI=1S/C13H26O3/c1-7-8-13(5,6)9-15-12(14)16-11(4)10(2)3/h10-11H,7-9H2,1-6H3/t11-/m0/s1. The van der Waals surface area contributed by atoms with Crippen molar-refractivity contribution in [2.75, 3.05) is 6.61 Å². The highest BCUT2D eigenvalue weighted by Gasteiger charge is 2.21. The fourth-order valence-corrected chi connectivity index (χ4v) is 1.33. The Balaban J connectivity index is 3.89. The van der Waals surface area contributed by atoms with E-state index in [1.54, 1.807) is 0 Å². The lowest BCUT2D eigenvalue weighted by atomic mass is 9.89. The molecular weight excluding hydrogens is 204 g/mol. The van der Waals surface area contributed by atoms with Crippen LogP contribution in [0, 0.1) is 11.3 Å².